The van der Waals surface area contributed by atoms with Crippen molar-refractivity contribution in [1.29, 1.82) is 0 Å². The van der Waals surface area contributed by atoms with Gasteiger partial charge in [0.25, 0.3) is 5.69 Å². The second-order valence-electron chi connectivity index (χ2n) is 4.81. The molecule has 0 unspecified atom stereocenters. The summed E-state index contributed by atoms with van der Waals surface area (Å²) in [6.45, 7) is 0. The molecule has 0 amide bonds. The fraction of sp³-hybridized carbons (Fsp3) is 0.133. The molecule has 0 spiro atoms. The van der Waals surface area contributed by atoms with E-state index in [1.54, 1.807) is 6.07 Å². The van der Waals surface area contributed by atoms with Crippen molar-refractivity contribution in [3.8, 4) is 11.5 Å². The van der Waals surface area contributed by atoms with Crippen molar-refractivity contribution in [1.82, 2.24) is 0 Å². The van der Waals surface area contributed by atoms with Gasteiger partial charge in [0.2, 0.25) is 0 Å². The predicted molar refractivity (Wildman–Crippen MR) is 95.5 cm³/mol. The van der Waals surface area contributed by atoms with Gasteiger partial charge in [-0.1, -0.05) is 11.6 Å². The Balaban J connectivity index is 2.28. The Bertz CT molecular complexity index is 887. The van der Waals surface area contributed by atoms with Crippen molar-refractivity contribution in [2.75, 3.05) is 19.6 Å². The van der Waals surface area contributed by atoms with Crippen LogP contribution in [0, 0.1) is 20.2 Å². The van der Waals surface area contributed by atoms with Gasteiger partial charge in [-0.25, -0.2) is 0 Å². The lowest BCUT2D eigenvalue weighted by Gasteiger charge is -2.09. The minimum absolute atomic E-state index is 0.00607. The lowest BCUT2D eigenvalue weighted by atomic mass is 10.2. The fourth-order valence-corrected chi connectivity index (χ4v) is 2.22. The molecule has 2 aromatic rings. The molecule has 26 heavy (non-hydrogen) atoms. The van der Waals surface area contributed by atoms with Crippen LogP contribution < -0.4 is 14.9 Å². The van der Waals surface area contributed by atoms with Crippen LogP contribution in [0.15, 0.2) is 35.4 Å². The quantitative estimate of drug-likeness (QED) is 0.441. The highest BCUT2D eigenvalue weighted by atomic mass is 35.5. The molecular weight excluding hydrogens is 368 g/mol. The Morgan fingerprint density at radius 3 is 2.31 bits per heavy atom. The maximum atomic E-state index is 11.1. The van der Waals surface area contributed by atoms with Gasteiger partial charge in [0.05, 0.1) is 41.4 Å². The van der Waals surface area contributed by atoms with E-state index in [1.807, 2.05) is 0 Å². The van der Waals surface area contributed by atoms with Gasteiger partial charge >= 0.3 is 5.69 Å². The maximum Gasteiger partial charge on any atom is 0.301 e. The van der Waals surface area contributed by atoms with Crippen LogP contribution >= 0.6 is 11.6 Å². The third-order valence-corrected chi connectivity index (χ3v) is 3.61. The molecule has 0 radical (unpaired) electrons. The van der Waals surface area contributed by atoms with Gasteiger partial charge in [0.1, 0.15) is 5.69 Å². The Hall–Kier alpha value is -3.40. The van der Waals surface area contributed by atoms with Crippen LogP contribution in [0.1, 0.15) is 5.56 Å². The number of rotatable bonds is 7. The van der Waals surface area contributed by atoms with Crippen molar-refractivity contribution < 1.29 is 19.3 Å². The van der Waals surface area contributed by atoms with E-state index >= 15 is 0 Å². The van der Waals surface area contributed by atoms with Gasteiger partial charge < -0.3 is 9.47 Å². The topological polar surface area (TPSA) is 129 Å². The van der Waals surface area contributed by atoms with Gasteiger partial charge in [-0.3, -0.25) is 25.7 Å². The summed E-state index contributed by atoms with van der Waals surface area (Å²) in [5.41, 5.74) is 2.07. The smallest absolute Gasteiger partial charge is 0.301 e. The van der Waals surface area contributed by atoms with Gasteiger partial charge in [-0.2, -0.15) is 5.10 Å². The molecule has 10 nitrogen and oxygen atoms in total. The Morgan fingerprint density at radius 1 is 1.08 bits per heavy atom. The van der Waals surface area contributed by atoms with E-state index in [9.17, 15) is 20.2 Å². The summed E-state index contributed by atoms with van der Waals surface area (Å²) in [4.78, 5) is 20.3. The molecule has 0 aliphatic heterocycles. The number of halogens is 1. The maximum absolute atomic E-state index is 11.1. The van der Waals surface area contributed by atoms with Gasteiger partial charge in [0, 0.05) is 17.7 Å². The number of non-ortho nitro benzene ring substituents is 1. The highest BCUT2D eigenvalue weighted by Crippen LogP contribution is 2.32. The van der Waals surface area contributed by atoms with E-state index in [2.05, 4.69) is 10.5 Å². The van der Waals surface area contributed by atoms with Crippen LogP contribution in [0.25, 0.3) is 0 Å². The van der Waals surface area contributed by atoms with Gasteiger partial charge in [0.15, 0.2) is 11.5 Å². The summed E-state index contributed by atoms with van der Waals surface area (Å²) >= 11 is 6.12. The largest absolute Gasteiger partial charge is 0.493 e. The van der Waals surface area contributed by atoms with Crippen LogP contribution in [0.2, 0.25) is 5.02 Å². The van der Waals surface area contributed by atoms with Crippen molar-refractivity contribution in [2.24, 2.45) is 5.10 Å². The first kappa shape index (κ1) is 18.9. The number of ether oxygens (including phenoxy) is 2. The summed E-state index contributed by atoms with van der Waals surface area (Å²) < 4.78 is 10.3. The third-order valence-electron chi connectivity index (χ3n) is 3.28. The minimum atomic E-state index is -0.742. The highest BCUT2D eigenvalue weighted by Gasteiger charge is 2.19. The molecule has 0 atom stereocenters. The zero-order chi connectivity index (χ0) is 19.3. The number of hydrogen-bond acceptors (Lipinski definition) is 8. The first-order chi connectivity index (χ1) is 12.4. The molecule has 2 rings (SSSR count). The zero-order valence-electron chi connectivity index (χ0n) is 13.6. The molecular formula is C15H13ClN4O6. The SMILES string of the molecule is COc1cc(Cl)c(/C=N/Nc2ccc([N+](=O)[O-])cc2[N+](=O)[O-])cc1OC. The number of hydrogen-bond donors (Lipinski definition) is 1. The van der Waals surface area contributed by atoms with E-state index < -0.39 is 21.2 Å². The second kappa shape index (κ2) is 8.12. The van der Waals surface area contributed by atoms with Crippen LogP contribution in [-0.2, 0) is 0 Å². The van der Waals surface area contributed by atoms with E-state index in [1.165, 1.54) is 32.6 Å². The minimum Gasteiger partial charge on any atom is -0.493 e. The highest BCUT2D eigenvalue weighted by molar-refractivity contribution is 6.33. The molecule has 0 heterocycles. The predicted octanol–water partition coefficient (Wildman–Crippen LogP) is 3.62. The molecule has 0 saturated heterocycles. The molecule has 0 bridgehead atoms. The van der Waals surface area contributed by atoms with Crippen LogP contribution in [0.3, 0.4) is 0 Å². The van der Waals surface area contributed by atoms with Crippen LogP contribution in [-0.4, -0.2) is 30.3 Å². The number of nitrogens with one attached hydrogen (secondary N) is 1. The van der Waals surface area contributed by atoms with Crippen molar-refractivity contribution in [2.45, 2.75) is 0 Å². The lowest BCUT2D eigenvalue weighted by molar-refractivity contribution is -0.393. The zero-order valence-corrected chi connectivity index (χ0v) is 14.4. The van der Waals surface area contributed by atoms with E-state index in [0.29, 0.717) is 22.1 Å². The first-order valence-corrected chi connectivity index (χ1v) is 7.38. The molecule has 0 aliphatic rings. The third kappa shape index (κ3) is 4.16. The number of methoxy groups -OCH3 is 2. The second-order valence-corrected chi connectivity index (χ2v) is 5.22. The average Bonchev–Trinajstić information content (AvgIpc) is 2.62. The Labute approximate surface area is 152 Å². The van der Waals surface area contributed by atoms with Crippen molar-refractivity contribution in [3.05, 3.63) is 61.1 Å². The van der Waals surface area contributed by atoms with Crippen molar-refractivity contribution >= 4 is 34.9 Å². The Morgan fingerprint density at radius 2 is 1.73 bits per heavy atom. The molecule has 0 fully saturated rings. The molecule has 136 valence electrons. The summed E-state index contributed by atoms with van der Waals surface area (Å²) in [5, 5.41) is 26.0. The van der Waals surface area contributed by atoms with E-state index in [0.717, 1.165) is 12.1 Å². The number of anilines is 1. The lowest BCUT2D eigenvalue weighted by Crippen LogP contribution is -1.99. The number of nitro groups is 2. The first-order valence-electron chi connectivity index (χ1n) is 7.00. The molecule has 0 aliphatic carbocycles. The number of nitro benzene ring substituents is 2. The van der Waals surface area contributed by atoms with Crippen LogP contribution in [0.4, 0.5) is 17.1 Å². The molecule has 11 heteroatoms. The average molecular weight is 381 g/mol. The van der Waals surface area contributed by atoms with E-state index in [4.69, 9.17) is 21.1 Å². The Kier molecular flexibility index (Phi) is 5.91. The van der Waals surface area contributed by atoms with Crippen LogP contribution in [0.5, 0.6) is 11.5 Å². The van der Waals surface area contributed by atoms with Gasteiger partial charge in [-0.05, 0) is 12.1 Å². The summed E-state index contributed by atoms with van der Waals surface area (Å²) in [7, 11) is 2.93. The molecule has 0 saturated carbocycles. The molecule has 0 aromatic heterocycles. The van der Waals surface area contributed by atoms with Gasteiger partial charge in [-0.15, -0.1) is 0 Å². The standard InChI is InChI=1S/C15H13ClN4O6/c1-25-14-5-9(11(16)7-15(14)26-2)8-17-18-12-4-3-10(19(21)22)6-13(12)20(23)24/h3-8,18H,1-2H3/b17-8+. The molecule has 2 aromatic carbocycles. The number of nitrogens with zero attached hydrogens (tertiary/aromatic N) is 3. The summed E-state index contributed by atoms with van der Waals surface area (Å²) in [6, 6.07) is 6.30. The van der Waals surface area contributed by atoms with Crippen molar-refractivity contribution in [3.63, 3.8) is 0 Å². The normalized spacial score (nSPS) is 10.6. The number of benzene rings is 2. The fourth-order valence-electron chi connectivity index (χ4n) is 2.02. The monoisotopic (exact) mass is 380 g/mol. The van der Waals surface area contributed by atoms with E-state index in [-0.39, 0.29) is 5.69 Å². The summed E-state index contributed by atoms with van der Waals surface area (Å²) in [5.74, 6) is 0.869. The number of hydrazone groups is 1. The molecule has 1 N–H and O–H groups in total. The summed E-state index contributed by atoms with van der Waals surface area (Å²) in [6.07, 6.45) is 1.33.